The smallest absolute Gasteiger partial charge is 0.232 e. The Morgan fingerprint density at radius 1 is 1.52 bits per heavy atom. The fraction of sp³-hybridized carbons (Fsp3) is 0.467. The third-order valence-electron chi connectivity index (χ3n) is 3.93. The van der Waals surface area contributed by atoms with Crippen LogP contribution >= 0.6 is 0 Å². The average Bonchev–Trinajstić information content (AvgIpc) is 2.55. The molecule has 0 saturated carbocycles. The number of nitrogens with two attached hydrogens (primary N) is 1. The Balaban J connectivity index is 2.29. The number of amides is 1. The highest BCUT2D eigenvalue weighted by atomic mass is 16.5. The zero-order chi connectivity index (χ0) is 15.3. The summed E-state index contributed by atoms with van der Waals surface area (Å²) in [6.45, 7) is 1.28. The fourth-order valence-electron chi connectivity index (χ4n) is 2.46. The molecule has 1 fully saturated rings. The topological polar surface area (TPSA) is 97.4 Å². The van der Waals surface area contributed by atoms with Gasteiger partial charge in [0.15, 0.2) is 0 Å². The number of hydrogen-bond donors (Lipinski definition) is 2. The monoisotopic (exact) mass is 289 g/mol. The summed E-state index contributed by atoms with van der Waals surface area (Å²) in [6, 6.07) is 7.11. The first-order chi connectivity index (χ1) is 10.2. The molecule has 6 heteroatoms. The molecule has 1 aliphatic heterocycles. The Bertz CT molecular complexity index is 560. The van der Waals surface area contributed by atoms with Crippen LogP contribution in [0.4, 0.5) is 5.69 Å². The van der Waals surface area contributed by atoms with Crippen LogP contribution in [-0.2, 0) is 9.53 Å². The van der Waals surface area contributed by atoms with Crippen molar-refractivity contribution in [2.75, 3.05) is 32.2 Å². The Kier molecular flexibility index (Phi) is 4.78. The Labute approximate surface area is 123 Å². The molecule has 21 heavy (non-hydrogen) atoms. The van der Waals surface area contributed by atoms with Crippen LogP contribution in [0.1, 0.15) is 18.4 Å². The number of nitriles is 1. The lowest BCUT2D eigenvalue weighted by Gasteiger charge is -2.34. The zero-order valence-corrected chi connectivity index (χ0v) is 12.0. The molecule has 1 saturated heterocycles. The number of anilines is 1. The SMILES string of the molecule is COc1cccc(C#N)c1NC(=O)C1(CN)CCOCC1. The number of rotatable bonds is 4. The fourth-order valence-corrected chi connectivity index (χ4v) is 2.46. The summed E-state index contributed by atoms with van der Waals surface area (Å²) in [5.74, 6) is 0.274. The van der Waals surface area contributed by atoms with Gasteiger partial charge in [0.25, 0.3) is 0 Å². The number of para-hydroxylation sites is 1. The lowest BCUT2D eigenvalue weighted by molar-refractivity contribution is -0.130. The molecule has 0 atom stereocenters. The van der Waals surface area contributed by atoms with Crippen molar-refractivity contribution in [3.63, 3.8) is 0 Å². The number of benzene rings is 1. The van der Waals surface area contributed by atoms with E-state index in [1.54, 1.807) is 18.2 Å². The van der Waals surface area contributed by atoms with Crippen molar-refractivity contribution in [1.29, 1.82) is 5.26 Å². The molecule has 1 heterocycles. The van der Waals surface area contributed by atoms with E-state index >= 15 is 0 Å². The quantitative estimate of drug-likeness (QED) is 0.869. The maximum atomic E-state index is 12.6. The first-order valence-corrected chi connectivity index (χ1v) is 6.83. The van der Waals surface area contributed by atoms with Crippen LogP contribution < -0.4 is 15.8 Å². The predicted octanol–water partition coefficient (Wildman–Crippen LogP) is 1.26. The molecule has 0 spiro atoms. The minimum atomic E-state index is -0.647. The average molecular weight is 289 g/mol. The number of carbonyl (C=O) groups is 1. The Hall–Kier alpha value is -2.10. The van der Waals surface area contributed by atoms with Gasteiger partial charge in [0, 0.05) is 19.8 Å². The van der Waals surface area contributed by atoms with Gasteiger partial charge in [-0.25, -0.2) is 0 Å². The van der Waals surface area contributed by atoms with Crippen LogP contribution in [0, 0.1) is 16.7 Å². The van der Waals surface area contributed by atoms with Crippen molar-refractivity contribution in [2.45, 2.75) is 12.8 Å². The largest absolute Gasteiger partial charge is 0.495 e. The van der Waals surface area contributed by atoms with Crippen LogP contribution in [0.2, 0.25) is 0 Å². The second-order valence-corrected chi connectivity index (χ2v) is 5.05. The molecule has 1 aliphatic rings. The van der Waals surface area contributed by atoms with Gasteiger partial charge >= 0.3 is 0 Å². The van der Waals surface area contributed by atoms with Gasteiger partial charge in [0.05, 0.1) is 18.1 Å². The van der Waals surface area contributed by atoms with Crippen LogP contribution in [0.3, 0.4) is 0 Å². The lowest BCUT2D eigenvalue weighted by Crippen LogP contribution is -2.46. The van der Waals surface area contributed by atoms with Crippen molar-refractivity contribution < 1.29 is 14.3 Å². The van der Waals surface area contributed by atoms with Gasteiger partial charge in [-0.05, 0) is 25.0 Å². The normalized spacial score (nSPS) is 16.8. The third kappa shape index (κ3) is 2.99. The molecular weight excluding hydrogens is 270 g/mol. The maximum Gasteiger partial charge on any atom is 0.232 e. The summed E-state index contributed by atoms with van der Waals surface area (Å²) >= 11 is 0. The molecule has 112 valence electrons. The number of nitrogens with zero attached hydrogens (tertiary/aromatic N) is 1. The van der Waals surface area contributed by atoms with Gasteiger partial charge in [0.2, 0.25) is 5.91 Å². The van der Waals surface area contributed by atoms with E-state index in [4.69, 9.17) is 15.2 Å². The molecule has 1 aromatic rings. The molecule has 0 aliphatic carbocycles. The molecule has 2 rings (SSSR count). The first-order valence-electron chi connectivity index (χ1n) is 6.83. The van der Waals surface area contributed by atoms with Crippen LogP contribution in [0.5, 0.6) is 5.75 Å². The van der Waals surface area contributed by atoms with Gasteiger partial charge < -0.3 is 20.5 Å². The van der Waals surface area contributed by atoms with Gasteiger partial charge in [0.1, 0.15) is 17.5 Å². The third-order valence-corrected chi connectivity index (χ3v) is 3.93. The minimum absolute atomic E-state index is 0.186. The zero-order valence-electron chi connectivity index (χ0n) is 12.0. The van der Waals surface area contributed by atoms with Crippen molar-refractivity contribution in [1.82, 2.24) is 0 Å². The number of nitrogens with one attached hydrogen (secondary N) is 1. The highest BCUT2D eigenvalue weighted by Gasteiger charge is 2.39. The summed E-state index contributed by atoms with van der Waals surface area (Å²) in [7, 11) is 1.50. The van der Waals surface area contributed by atoms with E-state index in [2.05, 4.69) is 11.4 Å². The van der Waals surface area contributed by atoms with Crippen molar-refractivity contribution >= 4 is 11.6 Å². The molecule has 1 amide bonds. The minimum Gasteiger partial charge on any atom is -0.495 e. The van der Waals surface area contributed by atoms with Crippen LogP contribution in [-0.4, -0.2) is 32.8 Å². The molecule has 1 aromatic carbocycles. The van der Waals surface area contributed by atoms with E-state index < -0.39 is 5.41 Å². The summed E-state index contributed by atoms with van der Waals surface area (Å²) < 4.78 is 10.5. The molecule has 0 aromatic heterocycles. The van der Waals surface area contributed by atoms with E-state index in [9.17, 15) is 10.1 Å². The highest BCUT2D eigenvalue weighted by molar-refractivity contribution is 5.98. The molecule has 6 nitrogen and oxygen atoms in total. The van der Waals surface area contributed by atoms with Crippen molar-refractivity contribution in [3.05, 3.63) is 23.8 Å². The summed E-state index contributed by atoms with van der Waals surface area (Å²) in [5.41, 5.74) is 5.93. The molecular formula is C15H19N3O3. The molecule has 3 N–H and O–H groups in total. The highest BCUT2D eigenvalue weighted by Crippen LogP contribution is 2.34. The lowest BCUT2D eigenvalue weighted by atomic mass is 9.79. The Morgan fingerprint density at radius 2 is 2.24 bits per heavy atom. The van der Waals surface area contributed by atoms with E-state index in [1.807, 2.05) is 0 Å². The molecule has 0 unspecified atom stereocenters. The van der Waals surface area contributed by atoms with Crippen LogP contribution in [0.15, 0.2) is 18.2 Å². The number of carbonyl (C=O) groups excluding carboxylic acids is 1. The second-order valence-electron chi connectivity index (χ2n) is 5.05. The van der Waals surface area contributed by atoms with Crippen molar-refractivity contribution in [2.24, 2.45) is 11.1 Å². The van der Waals surface area contributed by atoms with Gasteiger partial charge in [-0.3, -0.25) is 4.79 Å². The predicted molar refractivity (Wildman–Crippen MR) is 77.9 cm³/mol. The number of methoxy groups -OCH3 is 1. The van der Waals surface area contributed by atoms with Crippen molar-refractivity contribution in [3.8, 4) is 11.8 Å². The number of hydrogen-bond acceptors (Lipinski definition) is 5. The first kappa shape index (κ1) is 15.3. The van der Waals surface area contributed by atoms with Gasteiger partial charge in [-0.2, -0.15) is 5.26 Å². The second kappa shape index (κ2) is 6.57. The van der Waals surface area contributed by atoms with Crippen LogP contribution in [0.25, 0.3) is 0 Å². The van der Waals surface area contributed by atoms with Gasteiger partial charge in [-0.15, -0.1) is 0 Å². The molecule has 0 radical (unpaired) electrons. The summed E-state index contributed by atoms with van der Waals surface area (Å²) in [5, 5.41) is 12.0. The van der Waals surface area contributed by atoms with E-state index in [0.29, 0.717) is 43.1 Å². The van der Waals surface area contributed by atoms with E-state index in [0.717, 1.165) is 0 Å². The number of ether oxygens (including phenoxy) is 2. The summed E-state index contributed by atoms with van der Waals surface area (Å²) in [4.78, 5) is 12.6. The van der Waals surface area contributed by atoms with E-state index in [-0.39, 0.29) is 12.5 Å². The van der Waals surface area contributed by atoms with E-state index in [1.165, 1.54) is 7.11 Å². The van der Waals surface area contributed by atoms with Gasteiger partial charge in [-0.1, -0.05) is 6.07 Å². The maximum absolute atomic E-state index is 12.6. The molecule has 0 bridgehead atoms. The standard InChI is InChI=1S/C15H19N3O3/c1-20-12-4-2-3-11(9-16)13(12)18-14(19)15(10-17)5-7-21-8-6-15/h2-4H,5-8,10,17H2,1H3,(H,18,19). The summed E-state index contributed by atoms with van der Waals surface area (Å²) in [6.07, 6.45) is 1.15. The Morgan fingerprint density at radius 3 is 2.81 bits per heavy atom.